The lowest BCUT2D eigenvalue weighted by Crippen LogP contribution is -2.78. The molecule has 2 N–H and O–H groups in total. The van der Waals surface area contributed by atoms with Gasteiger partial charge in [0.2, 0.25) is 5.91 Å². The molecule has 2 aromatic rings. The Morgan fingerprint density at radius 1 is 1.02 bits per heavy atom. The summed E-state index contributed by atoms with van der Waals surface area (Å²) in [4.78, 5) is 18.3. The number of likely N-dealkylation sites (tertiary alicyclic amines) is 2. The second-order valence-electron chi connectivity index (χ2n) is 13.3. The minimum atomic E-state index is -4.75. The predicted octanol–water partition coefficient (Wildman–Crippen LogP) is 4.31. The Hall–Kier alpha value is -2.98. The van der Waals surface area contributed by atoms with Crippen LogP contribution in [0.25, 0.3) is 0 Å². The molecule has 2 saturated carbocycles. The van der Waals surface area contributed by atoms with Crippen LogP contribution in [0.5, 0.6) is 17.2 Å². The Morgan fingerprint density at radius 3 is 2.55 bits per heavy atom. The third-order valence-corrected chi connectivity index (χ3v) is 11.1. The molecule has 1 amide bonds. The fourth-order valence-electron chi connectivity index (χ4n) is 9.17. The fraction of sp³-hybridized carbons (Fsp3) is 0.594. The number of phenolic OH excluding ortho intramolecular Hbond substituents is 1. The van der Waals surface area contributed by atoms with Gasteiger partial charge in [0, 0.05) is 30.6 Å². The van der Waals surface area contributed by atoms with Gasteiger partial charge in [-0.05, 0) is 93.2 Å². The molecule has 3 unspecified atom stereocenters. The van der Waals surface area contributed by atoms with Gasteiger partial charge in [-0.1, -0.05) is 18.2 Å². The monoisotopic (exact) mass is 584 g/mol. The molecule has 2 saturated heterocycles. The molecule has 7 nitrogen and oxygen atoms in total. The number of carbonyl (C=O) groups excluding carboxylic acids is 1. The number of aliphatic hydroxyl groups is 1. The van der Waals surface area contributed by atoms with Crippen LogP contribution in [0.3, 0.4) is 0 Å². The summed E-state index contributed by atoms with van der Waals surface area (Å²) in [6, 6.07) is 9.15. The fourth-order valence-corrected chi connectivity index (χ4v) is 9.17. The van der Waals surface area contributed by atoms with E-state index in [0.717, 1.165) is 42.6 Å². The van der Waals surface area contributed by atoms with Crippen LogP contribution >= 0.6 is 0 Å². The molecule has 42 heavy (non-hydrogen) atoms. The van der Waals surface area contributed by atoms with Crippen LogP contribution in [-0.2, 0) is 23.1 Å². The van der Waals surface area contributed by atoms with Crippen LogP contribution in [-0.4, -0.2) is 75.7 Å². The number of phenols is 1. The molecule has 3 heterocycles. The van der Waals surface area contributed by atoms with Gasteiger partial charge in [0.1, 0.15) is 11.9 Å². The SMILES string of the molecule is O=C1C(Cc2ccc(OC(F)(F)F)cc2)CCN1C1CC[C@@]2(O)[C@H]3Cc4ccc(O)c5c4[C@@]2(CCN3CC2CC2)C1O5. The summed E-state index contributed by atoms with van der Waals surface area (Å²) in [5, 5.41) is 23.6. The van der Waals surface area contributed by atoms with Gasteiger partial charge in [-0.25, -0.2) is 0 Å². The van der Waals surface area contributed by atoms with Crippen molar-refractivity contribution in [2.45, 2.75) is 86.9 Å². The van der Waals surface area contributed by atoms with E-state index in [2.05, 4.69) is 9.64 Å². The second kappa shape index (κ2) is 9.02. The molecular weight excluding hydrogens is 549 g/mol. The van der Waals surface area contributed by atoms with Gasteiger partial charge in [0.25, 0.3) is 0 Å². The summed E-state index contributed by atoms with van der Waals surface area (Å²) < 4.78 is 48.3. The van der Waals surface area contributed by atoms with Crippen molar-refractivity contribution in [3.8, 4) is 17.2 Å². The topological polar surface area (TPSA) is 82.5 Å². The number of halogens is 3. The standard InChI is InChI=1S/C32H35F3N2O5/c33-32(34,35)42-22-6-3-18(4-7-22)15-21-10-13-37(29(21)39)23-9-11-31(40)25-16-20-5-8-24(38)27-26(20)30(31,28(23)41-27)12-14-36(25)17-19-1-2-19/h3-8,19,21,23,25,28,38,40H,1-2,9-17H2/t21?,23?,25-,28?,30+,31-/m1/s1. The molecule has 8 rings (SSSR count). The summed E-state index contributed by atoms with van der Waals surface area (Å²) >= 11 is 0. The average molecular weight is 585 g/mol. The number of hydrogen-bond acceptors (Lipinski definition) is 6. The van der Waals surface area contributed by atoms with Crippen LogP contribution in [0.1, 0.15) is 55.2 Å². The van der Waals surface area contributed by atoms with Gasteiger partial charge in [-0.3, -0.25) is 9.69 Å². The molecule has 2 bridgehead atoms. The smallest absolute Gasteiger partial charge is 0.504 e. The lowest BCUT2D eigenvalue weighted by Gasteiger charge is -2.64. The van der Waals surface area contributed by atoms with Crippen molar-refractivity contribution >= 4 is 5.91 Å². The van der Waals surface area contributed by atoms with Crippen LogP contribution in [0, 0.1) is 11.8 Å². The molecule has 4 fully saturated rings. The van der Waals surface area contributed by atoms with E-state index in [4.69, 9.17) is 4.74 Å². The highest BCUT2D eigenvalue weighted by molar-refractivity contribution is 5.82. The zero-order chi connectivity index (χ0) is 29.0. The Kier molecular flexibility index (Phi) is 5.72. The van der Waals surface area contributed by atoms with Crippen molar-refractivity contribution in [2.75, 3.05) is 19.6 Å². The Labute approximate surface area is 242 Å². The lowest BCUT2D eigenvalue weighted by atomic mass is 9.48. The predicted molar refractivity (Wildman–Crippen MR) is 145 cm³/mol. The average Bonchev–Trinajstić information content (AvgIpc) is 3.59. The number of piperidine rings is 1. The first kappa shape index (κ1) is 26.6. The maximum atomic E-state index is 13.9. The van der Waals surface area contributed by atoms with E-state index in [1.807, 2.05) is 11.0 Å². The van der Waals surface area contributed by atoms with Crippen LogP contribution < -0.4 is 9.47 Å². The number of nitrogens with zero attached hydrogens (tertiary/aromatic N) is 2. The molecule has 10 heteroatoms. The van der Waals surface area contributed by atoms with Gasteiger partial charge in [-0.15, -0.1) is 13.2 Å². The molecule has 1 spiro atoms. The van der Waals surface area contributed by atoms with E-state index < -0.39 is 23.5 Å². The number of rotatable bonds is 6. The molecule has 6 aliphatic rings. The number of hydrogen-bond donors (Lipinski definition) is 2. The van der Waals surface area contributed by atoms with Crippen LogP contribution in [0.15, 0.2) is 36.4 Å². The molecule has 224 valence electrons. The Bertz CT molecular complexity index is 1430. The number of amides is 1. The van der Waals surface area contributed by atoms with Gasteiger partial charge in [-0.2, -0.15) is 0 Å². The maximum absolute atomic E-state index is 13.9. The van der Waals surface area contributed by atoms with E-state index in [0.29, 0.717) is 43.9 Å². The molecule has 3 aliphatic heterocycles. The van der Waals surface area contributed by atoms with E-state index in [1.165, 1.54) is 25.0 Å². The molecule has 0 aromatic heterocycles. The second-order valence-corrected chi connectivity index (χ2v) is 13.3. The zero-order valence-corrected chi connectivity index (χ0v) is 23.3. The number of alkyl halides is 3. The molecule has 6 atom stereocenters. The van der Waals surface area contributed by atoms with Gasteiger partial charge >= 0.3 is 6.36 Å². The first-order valence-corrected chi connectivity index (χ1v) is 15.2. The lowest BCUT2D eigenvalue weighted by molar-refractivity contribution is -0.274. The molecular formula is C32H35F3N2O5. The highest BCUT2D eigenvalue weighted by Gasteiger charge is 2.73. The summed E-state index contributed by atoms with van der Waals surface area (Å²) in [6.07, 6.45) is 0.986. The maximum Gasteiger partial charge on any atom is 0.573 e. The number of benzene rings is 2. The third kappa shape index (κ3) is 3.83. The Balaban J connectivity index is 1.07. The minimum absolute atomic E-state index is 0.0139. The quantitative estimate of drug-likeness (QED) is 0.527. The first-order chi connectivity index (χ1) is 20.1. The summed E-state index contributed by atoms with van der Waals surface area (Å²) in [5.74, 6) is 0.709. The number of aromatic hydroxyl groups is 1. The summed E-state index contributed by atoms with van der Waals surface area (Å²) in [5.41, 5.74) is 1.17. The highest BCUT2D eigenvalue weighted by Crippen LogP contribution is 2.66. The number of carbonyl (C=O) groups is 1. The highest BCUT2D eigenvalue weighted by atomic mass is 19.4. The van der Waals surface area contributed by atoms with E-state index in [-0.39, 0.29) is 35.4 Å². The molecule has 2 aromatic carbocycles. The van der Waals surface area contributed by atoms with E-state index >= 15 is 0 Å². The van der Waals surface area contributed by atoms with Gasteiger partial charge in [0.05, 0.1) is 17.1 Å². The molecule has 3 aliphatic carbocycles. The summed E-state index contributed by atoms with van der Waals surface area (Å²) in [7, 11) is 0. The number of ether oxygens (including phenoxy) is 2. The van der Waals surface area contributed by atoms with Crippen molar-refractivity contribution in [3.05, 3.63) is 53.1 Å². The largest absolute Gasteiger partial charge is 0.573 e. The Morgan fingerprint density at radius 2 is 1.81 bits per heavy atom. The minimum Gasteiger partial charge on any atom is -0.504 e. The summed E-state index contributed by atoms with van der Waals surface area (Å²) in [6.45, 7) is 2.42. The van der Waals surface area contributed by atoms with Crippen molar-refractivity contribution in [3.63, 3.8) is 0 Å². The zero-order valence-electron chi connectivity index (χ0n) is 23.3. The van der Waals surface area contributed by atoms with E-state index in [1.54, 1.807) is 18.2 Å². The van der Waals surface area contributed by atoms with Crippen molar-refractivity contribution < 1.29 is 37.7 Å². The normalized spacial score (nSPS) is 35.2. The van der Waals surface area contributed by atoms with Gasteiger partial charge in [0.15, 0.2) is 11.5 Å². The van der Waals surface area contributed by atoms with E-state index in [9.17, 15) is 28.2 Å². The van der Waals surface area contributed by atoms with Gasteiger partial charge < -0.3 is 24.6 Å². The first-order valence-electron chi connectivity index (χ1n) is 15.2. The molecule has 0 radical (unpaired) electrons. The van der Waals surface area contributed by atoms with Crippen LogP contribution in [0.2, 0.25) is 0 Å². The van der Waals surface area contributed by atoms with Crippen molar-refractivity contribution in [2.24, 2.45) is 11.8 Å². The van der Waals surface area contributed by atoms with Crippen molar-refractivity contribution in [1.82, 2.24) is 9.80 Å². The van der Waals surface area contributed by atoms with Crippen LogP contribution in [0.4, 0.5) is 13.2 Å². The third-order valence-electron chi connectivity index (χ3n) is 11.1. The van der Waals surface area contributed by atoms with Crippen molar-refractivity contribution in [1.29, 1.82) is 0 Å².